The van der Waals surface area contributed by atoms with Crippen LogP contribution in [0.4, 0.5) is 4.39 Å². The minimum atomic E-state index is -4.20. The van der Waals surface area contributed by atoms with Gasteiger partial charge in [-0.1, -0.05) is 24.3 Å². The first kappa shape index (κ1) is 17.9. The summed E-state index contributed by atoms with van der Waals surface area (Å²) in [6.45, 7) is 3.33. The van der Waals surface area contributed by atoms with Gasteiger partial charge in [0.15, 0.2) is 6.61 Å². The van der Waals surface area contributed by atoms with Gasteiger partial charge in [0, 0.05) is 0 Å². The van der Waals surface area contributed by atoms with Gasteiger partial charge >= 0.3 is 0 Å². The number of hydrogen-bond acceptors (Lipinski definition) is 4. The predicted octanol–water partition coefficient (Wildman–Crippen LogP) is 1.83. The molecule has 24 heavy (non-hydrogen) atoms. The molecule has 0 saturated heterocycles. The number of rotatable bonds is 6. The van der Waals surface area contributed by atoms with E-state index in [-0.39, 0.29) is 6.61 Å². The number of halogens is 1. The summed E-state index contributed by atoms with van der Waals surface area (Å²) in [5.74, 6) is -1.09. The molecule has 0 bridgehead atoms. The van der Waals surface area contributed by atoms with E-state index in [1.807, 2.05) is 36.2 Å². The van der Waals surface area contributed by atoms with E-state index in [4.69, 9.17) is 4.74 Å². The molecule has 6 nitrogen and oxygen atoms in total. The number of aryl methyl sites for hydroxylation is 2. The zero-order valence-electron chi connectivity index (χ0n) is 13.2. The SMILES string of the molecule is Cc1ccc(C)c(OCC(=O)NNS(=O)(=O)c2ccccc2F)c1. The topological polar surface area (TPSA) is 84.5 Å². The second-order valence-electron chi connectivity index (χ2n) is 5.14. The van der Waals surface area contributed by atoms with E-state index in [0.29, 0.717) is 5.75 Å². The number of hydrogen-bond donors (Lipinski definition) is 2. The van der Waals surface area contributed by atoms with Crippen LogP contribution in [0.3, 0.4) is 0 Å². The van der Waals surface area contributed by atoms with Gasteiger partial charge in [-0.25, -0.2) is 12.8 Å². The highest BCUT2D eigenvalue weighted by atomic mass is 32.2. The Labute approximate surface area is 139 Å². The van der Waals surface area contributed by atoms with Crippen LogP contribution in [-0.4, -0.2) is 20.9 Å². The van der Waals surface area contributed by atoms with Gasteiger partial charge in [0.25, 0.3) is 15.9 Å². The summed E-state index contributed by atoms with van der Waals surface area (Å²) in [5.41, 5.74) is 3.80. The number of amides is 1. The molecule has 0 aromatic heterocycles. The molecule has 128 valence electrons. The van der Waals surface area contributed by atoms with Crippen molar-refractivity contribution in [2.24, 2.45) is 0 Å². The molecule has 0 aliphatic carbocycles. The third kappa shape index (κ3) is 4.53. The Bertz CT molecular complexity index is 853. The molecule has 0 atom stereocenters. The van der Waals surface area contributed by atoms with E-state index >= 15 is 0 Å². The molecule has 0 heterocycles. The van der Waals surface area contributed by atoms with Crippen LogP contribution in [0.25, 0.3) is 0 Å². The van der Waals surface area contributed by atoms with Crippen molar-refractivity contribution in [3.05, 3.63) is 59.4 Å². The molecular weight excluding hydrogens is 335 g/mol. The average molecular weight is 352 g/mol. The maximum absolute atomic E-state index is 13.5. The van der Waals surface area contributed by atoms with Gasteiger partial charge in [-0.05, 0) is 43.2 Å². The first-order chi connectivity index (χ1) is 11.3. The number of nitrogens with one attached hydrogen (secondary N) is 2. The lowest BCUT2D eigenvalue weighted by atomic mass is 10.1. The Hall–Kier alpha value is -2.45. The highest BCUT2D eigenvalue weighted by Gasteiger charge is 2.19. The minimum Gasteiger partial charge on any atom is -0.483 e. The van der Waals surface area contributed by atoms with E-state index in [1.165, 1.54) is 12.1 Å². The molecule has 2 rings (SSSR count). The lowest BCUT2D eigenvalue weighted by Gasteiger charge is -2.11. The second-order valence-corrected chi connectivity index (χ2v) is 6.79. The molecule has 0 fully saturated rings. The van der Waals surface area contributed by atoms with Crippen molar-refractivity contribution < 1.29 is 22.3 Å². The summed E-state index contributed by atoms with van der Waals surface area (Å²) in [5, 5.41) is 0. The summed E-state index contributed by atoms with van der Waals surface area (Å²) in [6, 6.07) is 10.4. The lowest BCUT2D eigenvalue weighted by molar-refractivity contribution is -0.123. The molecule has 1 amide bonds. The quantitative estimate of drug-likeness (QED) is 0.777. The molecule has 0 radical (unpaired) electrons. The van der Waals surface area contributed by atoms with Crippen molar-refractivity contribution in [3.8, 4) is 5.75 Å². The molecular formula is C16H17FN2O4S. The van der Waals surface area contributed by atoms with Crippen LogP contribution >= 0.6 is 0 Å². The number of carbonyl (C=O) groups is 1. The Morgan fingerprint density at radius 3 is 2.58 bits per heavy atom. The maximum atomic E-state index is 13.5. The Kier molecular flexibility index (Phi) is 5.53. The standard InChI is InChI=1S/C16H17FN2O4S/c1-11-7-8-12(2)14(9-11)23-10-16(20)18-19-24(21,22)15-6-4-3-5-13(15)17/h3-9,19H,10H2,1-2H3,(H,18,20). The van der Waals surface area contributed by atoms with Gasteiger partial charge in [0.1, 0.15) is 16.5 Å². The molecule has 8 heteroatoms. The van der Waals surface area contributed by atoms with Gasteiger partial charge in [-0.2, -0.15) is 0 Å². The van der Waals surface area contributed by atoms with Gasteiger partial charge in [0.2, 0.25) is 0 Å². The highest BCUT2D eigenvalue weighted by molar-refractivity contribution is 7.89. The van der Waals surface area contributed by atoms with E-state index in [2.05, 4.69) is 0 Å². The summed E-state index contributed by atoms with van der Waals surface area (Å²) in [7, 11) is -4.20. The smallest absolute Gasteiger partial charge is 0.272 e. The molecule has 2 N–H and O–H groups in total. The first-order valence-corrected chi connectivity index (χ1v) is 8.53. The van der Waals surface area contributed by atoms with Crippen molar-refractivity contribution >= 4 is 15.9 Å². The Morgan fingerprint density at radius 2 is 1.88 bits per heavy atom. The van der Waals surface area contributed by atoms with Crippen molar-refractivity contribution in [2.45, 2.75) is 18.7 Å². The van der Waals surface area contributed by atoms with Crippen molar-refractivity contribution in [3.63, 3.8) is 0 Å². The number of benzene rings is 2. The van der Waals surface area contributed by atoms with Gasteiger partial charge < -0.3 is 4.74 Å². The summed E-state index contributed by atoms with van der Waals surface area (Å²) >= 11 is 0. The lowest BCUT2D eigenvalue weighted by Crippen LogP contribution is -2.44. The van der Waals surface area contributed by atoms with Gasteiger partial charge in [-0.3, -0.25) is 10.2 Å². The molecule has 0 saturated carbocycles. The molecule has 0 aliphatic rings. The summed E-state index contributed by atoms with van der Waals surface area (Å²) in [4.78, 5) is 13.0. The molecule has 0 unspecified atom stereocenters. The van der Waals surface area contributed by atoms with Gasteiger partial charge in [-0.15, -0.1) is 4.83 Å². The highest BCUT2D eigenvalue weighted by Crippen LogP contribution is 2.18. The second kappa shape index (κ2) is 7.41. The van der Waals surface area contributed by atoms with Crippen LogP contribution in [0.15, 0.2) is 47.4 Å². The monoisotopic (exact) mass is 352 g/mol. The van der Waals surface area contributed by atoms with E-state index < -0.39 is 26.6 Å². The predicted molar refractivity (Wildman–Crippen MR) is 86.3 cm³/mol. The van der Waals surface area contributed by atoms with E-state index in [1.54, 1.807) is 6.07 Å². The van der Waals surface area contributed by atoms with Crippen LogP contribution in [0.2, 0.25) is 0 Å². The van der Waals surface area contributed by atoms with Crippen LogP contribution in [0, 0.1) is 19.7 Å². The van der Waals surface area contributed by atoms with Crippen LogP contribution in [0.5, 0.6) is 5.75 Å². The van der Waals surface area contributed by atoms with Crippen molar-refractivity contribution in [2.75, 3.05) is 6.61 Å². The number of sulfonamides is 1. The zero-order chi connectivity index (χ0) is 17.7. The largest absolute Gasteiger partial charge is 0.483 e. The number of ether oxygens (including phenoxy) is 1. The van der Waals surface area contributed by atoms with Crippen molar-refractivity contribution in [1.82, 2.24) is 10.3 Å². The van der Waals surface area contributed by atoms with E-state index in [0.717, 1.165) is 23.3 Å². The number of carbonyl (C=O) groups excluding carboxylic acids is 1. The molecule has 2 aromatic rings. The summed E-state index contributed by atoms with van der Waals surface area (Å²) in [6.07, 6.45) is 0. The maximum Gasteiger partial charge on any atom is 0.272 e. The van der Waals surface area contributed by atoms with Gasteiger partial charge in [0.05, 0.1) is 0 Å². The minimum absolute atomic E-state index is 0.385. The first-order valence-electron chi connectivity index (χ1n) is 7.05. The molecule has 0 aliphatic heterocycles. The normalized spacial score (nSPS) is 11.1. The Balaban J connectivity index is 1.94. The average Bonchev–Trinajstić information content (AvgIpc) is 2.54. The fraction of sp³-hybridized carbons (Fsp3) is 0.188. The van der Waals surface area contributed by atoms with E-state index in [9.17, 15) is 17.6 Å². The van der Waals surface area contributed by atoms with Crippen LogP contribution < -0.4 is 15.0 Å². The zero-order valence-corrected chi connectivity index (χ0v) is 14.0. The fourth-order valence-electron chi connectivity index (χ4n) is 1.88. The molecule has 0 spiro atoms. The third-order valence-corrected chi connectivity index (χ3v) is 4.43. The Morgan fingerprint density at radius 1 is 1.17 bits per heavy atom. The number of hydrazine groups is 1. The summed E-state index contributed by atoms with van der Waals surface area (Å²) < 4.78 is 42.7. The van der Waals surface area contributed by atoms with Crippen LogP contribution in [-0.2, 0) is 14.8 Å². The van der Waals surface area contributed by atoms with Crippen LogP contribution in [0.1, 0.15) is 11.1 Å². The fourth-order valence-corrected chi connectivity index (χ4v) is 2.82. The van der Waals surface area contributed by atoms with Crippen molar-refractivity contribution in [1.29, 1.82) is 0 Å². The molecule has 2 aromatic carbocycles. The third-order valence-electron chi connectivity index (χ3n) is 3.15.